The van der Waals surface area contributed by atoms with E-state index in [-0.39, 0.29) is 12.5 Å². The predicted octanol–water partition coefficient (Wildman–Crippen LogP) is 4.92. The first-order valence-electron chi connectivity index (χ1n) is 12.9. The monoisotopic (exact) mass is 500 g/mol. The van der Waals surface area contributed by atoms with Gasteiger partial charge in [0.2, 0.25) is 0 Å². The fraction of sp³-hybridized carbons (Fsp3) is 0.586. The van der Waals surface area contributed by atoms with Crippen LogP contribution in [0.3, 0.4) is 0 Å². The molecule has 0 aromatic heterocycles. The van der Waals surface area contributed by atoms with Gasteiger partial charge in [0.15, 0.2) is 0 Å². The smallest absolute Gasteiger partial charge is 0.119 e. The van der Waals surface area contributed by atoms with Crippen LogP contribution in [0.2, 0.25) is 5.02 Å². The third-order valence-corrected chi connectivity index (χ3v) is 9.26. The molecule has 3 N–H and O–H groups in total. The minimum atomic E-state index is -1.07. The Kier molecular flexibility index (Phi) is 6.92. The van der Waals surface area contributed by atoms with Gasteiger partial charge in [-0.1, -0.05) is 56.6 Å². The minimum absolute atomic E-state index is 0.201. The molecule has 1 aliphatic heterocycles. The maximum absolute atomic E-state index is 10.7. The molecule has 2 aliphatic carbocycles. The fourth-order valence-corrected chi connectivity index (χ4v) is 6.72. The van der Waals surface area contributed by atoms with Crippen molar-refractivity contribution in [3.8, 4) is 5.75 Å². The van der Waals surface area contributed by atoms with Gasteiger partial charge in [0.25, 0.3) is 0 Å². The van der Waals surface area contributed by atoms with Crippen molar-refractivity contribution in [2.45, 2.75) is 77.0 Å². The van der Waals surface area contributed by atoms with E-state index in [1.54, 1.807) is 6.07 Å². The van der Waals surface area contributed by atoms with Gasteiger partial charge in [-0.05, 0) is 77.8 Å². The second-order valence-electron chi connectivity index (χ2n) is 11.2. The maximum Gasteiger partial charge on any atom is 0.119 e. The van der Waals surface area contributed by atoms with Crippen LogP contribution in [0.25, 0.3) is 0 Å². The average Bonchev–Trinajstić information content (AvgIpc) is 3.15. The standard InChI is InChI=1S/C29H37ClO5/c1-4-21-25(15-31)35-28(27(33)26(21)32)17-7-10-24(30)18(12-17)11-16-5-8-19(9-6-16)34-20-13-22-23(14-20)29(22,2)3/h5-10,12,20-23,25-28,31-33H,4,11,13-15H2,1-3H3/t20?,21-,22?,23?,25-,26+,27-,28?/m1/s1. The molecule has 35 heavy (non-hydrogen) atoms. The van der Waals surface area contributed by atoms with Gasteiger partial charge in [0, 0.05) is 10.9 Å². The van der Waals surface area contributed by atoms with Crippen LogP contribution in [-0.2, 0) is 11.2 Å². The Morgan fingerprint density at radius 2 is 1.71 bits per heavy atom. The second-order valence-corrected chi connectivity index (χ2v) is 11.7. The van der Waals surface area contributed by atoms with E-state index in [0.29, 0.717) is 29.4 Å². The Morgan fingerprint density at radius 1 is 1.03 bits per heavy atom. The van der Waals surface area contributed by atoms with E-state index in [2.05, 4.69) is 26.0 Å². The summed E-state index contributed by atoms with van der Waals surface area (Å²) in [7, 11) is 0. The topological polar surface area (TPSA) is 79.2 Å². The molecule has 2 aromatic rings. The molecule has 190 valence electrons. The van der Waals surface area contributed by atoms with E-state index in [0.717, 1.165) is 47.1 Å². The highest BCUT2D eigenvalue weighted by molar-refractivity contribution is 6.31. The third-order valence-electron chi connectivity index (χ3n) is 8.89. The number of rotatable bonds is 7. The molecule has 1 saturated heterocycles. The number of fused-ring (bicyclic) bond motifs is 1. The summed E-state index contributed by atoms with van der Waals surface area (Å²) in [6.07, 6.45) is 0.597. The van der Waals surface area contributed by atoms with Gasteiger partial charge >= 0.3 is 0 Å². The summed E-state index contributed by atoms with van der Waals surface area (Å²) < 4.78 is 12.3. The number of aliphatic hydroxyl groups is 3. The highest BCUT2D eigenvalue weighted by Crippen LogP contribution is 2.67. The number of benzene rings is 2. The summed E-state index contributed by atoms with van der Waals surface area (Å²) >= 11 is 6.52. The van der Waals surface area contributed by atoms with E-state index in [1.807, 2.05) is 31.2 Å². The van der Waals surface area contributed by atoms with E-state index >= 15 is 0 Å². The molecule has 5 nitrogen and oxygen atoms in total. The van der Waals surface area contributed by atoms with Crippen LogP contribution >= 0.6 is 11.6 Å². The van der Waals surface area contributed by atoms with E-state index < -0.39 is 24.4 Å². The molecule has 0 amide bonds. The van der Waals surface area contributed by atoms with Crippen molar-refractivity contribution < 1.29 is 24.8 Å². The summed E-state index contributed by atoms with van der Waals surface area (Å²) in [6, 6.07) is 13.8. The molecule has 3 unspecified atom stereocenters. The largest absolute Gasteiger partial charge is 0.490 e. The Morgan fingerprint density at radius 3 is 2.34 bits per heavy atom. The van der Waals surface area contributed by atoms with Gasteiger partial charge in [-0.25, -0.2) is 0 Å². The molecule has 1 heterocycles. The summed E-state index contributed by atoms with van der Waals surface area (Å²) in [4.78, 5) is 0. The predicted molar refractivity (Wildman–Crippen MR) is 136 cm³/mol. The van der Waals surface area contributed by atoms with Gasteiger partial charge in [-0.15, -0.1) is 0 Å². The highest BCUT2D eigenvalue weighted by atomic mass is 35.5. The zero-order valence-corrected chi connectivity index (χ0v) is 21.5. The number of ether oxygens (including phenoxy) is 2. The van der Waals surface area contributed by atoms with Crippen molar-refractivity contribution in [3.05, 3.63) is 64.2 Å². The van der Waals surface area contributed by atoms with Crippen molar-refractivity contribution in [2.24, 2.45) is 23.2 Å². The Balaban J connectivity index is 1.25. The molecular formula is C29H37ClO5. The van der Waals surface area contributed by atoms with Gasteiger partial charge in [-0.3, -0.25) is 0 Å². The first-order chi connectivity index (χ1) is 16.7. The lowest BCUT2D eigenvalue weighted by Crippen LogP contribution is -2.51. The molecule has 0 bridgehead atoms. The Labute approximate surface area is 213 Å². The Hall–Kier alpha value is -1.63. The molecule has 6 heteroatoms. The lowest BCUT2D eigenvalue weighted by Gasteiger charge is -2.42. The normalized spacial score (nSPS) is 35.5. The van der Waals surface area contributed by atoms with Crippen molar-refractivity contribution >= 4 is 11.6 Å². The summed E-state index contributed by atoms with van der Waals surface area (Å²) in [5.74, 6) is 2.23. The summed E-state index contributed by atoms with van der Waals surface area (Å²) in [5, 5.41) is 31.8. The molecular weight excluding hydrogens is 464 g/mol. The zero-order chi connectivity index (χ0) is 24.9. The number of halogens is 1. The lowest BCUT2D eigenvalue weighted by molar-refractivity contribution is -0.211. The quantitative estimate of drug-likeness (QED) is 0.502. The number of hydrogen-bond donors (Lipinski definition) is 3. The van der Waals surface area contributed by atoms with Crippen molar-refractivity contribution in [1.29, 1.82) is 0 Å². The van der Waals surface area contributed by atoms with Crippen LogP contribution < -0.4 is 4.74 Å². The van der Waals surface area contributed by atoms with Crippen LogP contribution in [-0.4, -0.2) is 46.3 Å². The van der Waals surface area contributed by atoms with Crippen molar-refractivity contribution in [3.63, 3.8) is 0 Å². The van der Waals surface area contributed by atoms with Crippen LogP contribution in [0, 0.1) is 23.2 Å². The van der Waals surface area contributed by atoms with E-state index in [1.165, 1.54) is 0 Å². The molecule has 3 aliphatic rings. The minimum Gasteiger partial charge on any atom is -0.490 e. The fourth-order valence-electron chi connectivity index (χ4n) is 6.54. The first kappa shape index (κ1) is 25.0. The lowest BCUT2D eigenvalue weighted by atomic mass is 9.83. The molecule has 0 radical (unpaired) electrons. The zero-order valence-electron chi connectivity index (χ0n) is 20.7. The van der Waals surface area contributed by atoms with Crippen LogP contribution in [0.15, 0.2) is 42.5 Å². The van der Waals surface area contributed by atoms with Gasteiger partial charge in [0.1, 0.15) is 18.0 Å². The SMILES string of the molecule is CC[C@H]1[C@H](O)[C@@H](O)C(c2ccc(Cl)c(Cc3ccc(OC4CC5C(C4)C5(C)C)cc3)c2)O[C@@H]1CO. The average molecular weight is 501 g/mol. The van der Waals surface area contributed by atoms with Crippen LogP contribution in [0.5, 0.6) is 5.75 Å². The van der Waals surface area contributed by atoms with Crippen molar-refractivity contribution in [2.75, 3.05) is 6.61 Å². The second kappa shape index (κ2) is 9.68. The molecule has 7 atom stereocenters. The Bertz CT molecular complexity index is 1020. The van der Waals surface area contributed by atoms with Crippen LogP contribution in [0.4, 0.5) is 0 Å². The highest BCUT2D eigenvalue weighted by Gasteiger charge is 2.62. The first-order valence-corrected chi connectivity index (χ1v) is 13.3. The number of aliphatic hydroxyl groups excluding tert-OH is 3. The summed E-state index contributed by atoms with van der Waals surface area (Å²) in [6.45, 7) is 6.45. The van der Waals surface area contributed by atoms with Crippen LogP contribution in [0.1, 0.15) is 62.8 Å². The molecule has 2 saturated carbocycles. The number of hydrogen-bond acceptors (Lipinski definition) is 5. The summed E-state index contributed by atoms with van der Waals surface area (Å²) in [5.41, 5.74) is 3.27. The third kappa shape index (κ3) is 4.74. The van der Waals surface area contributed by atoms with Crippen molar-refractivity contribution in [1.82, 2.24) is 0 Å². The molecule has 2 aromatic carbocycles. The maximum atomic E-state index is 10.7. The molecule has 3 fully saturated rings. The molecule has 5 rings (SSSR count). The van der Waals surface area contributed by atoms with Gasteiger partial charge in [-0.2, -0.15) is 0 Å². The van der Waals surface area contributed by atoms with Gasteiger partial charge < -0.3 is 24.8 Å². The van der Waals surface area contributed by atoms with E-state index in [9.17, 15) is 15.3 Å². The molecule has 0 spiro atoms. The van der Waals surface area contributed by atoms with Gasteiger partial charge in [0.05, 0.1) is 24.9 Å². The van der Waals surface area contributed by atoms with E-state index in [4.69, 9.17) is 21.1 Å².